The van der Waals surface area contributed by atoms with Crippen LogP contribution in [0.1, 0.15) is 27.0 Å². The predicted molar refractivity (Wildman–Crippen MR) is 150 cm³/mol. The molecule has 1 aliphatic heterocycles. The van der Waals surface area contributed by atoms with Gasteiger partial charge in [-0.3, -0.25) is 13.9 Å². The maximum Gasteiger partial charge on any atom is 0.459 e. The number of nitrogens with zero attached hydrogens (tertiary/aromatic N) is 2. The van der Waals surface area contributed by atoms with Crippen molar-refractivity contribution in [1.29, 1.82) is 0 Å². The van der Waals surface area contributed by atoms with Gasteiger partial charge in [0, 0.05) is 11.6 Å². The van der Waals surface area contributed by atoms with Crippen LogP contribution >= 0.6 is 19.3 Å². The Morgan fingerprint density at radius 2 is 1.93 bits per heavy atom. The second-order valence-corrected chi connectivity index (χ2v) is 12.1. The highest BCUT2D eigenvalue weighted by Gasteiger charge is 2.62. The lowest BCUT2D eigenvalue weighted by Crippen LogP contribution is -2.52. The molecule has 234 valence electrons. The number of carbonyl (C=O) groups excluding carboxylic acids is 1. The number of anilines is 1. The smallest absolute Gasteiger partial charge is 0.459 e. The number of fused-ring (bicyclic) bond motifs is 1. The Kier molecular flexibility index (Phi) is 9.74. The van der Waals surface area contributed by atoms with Crippen LogP contribution in [0.4, 0.5) is 19.0 Å². The van der Waals surface area contributed by atoms with Crippen LogP contribution in [0.3, 0.4) is 0 Å². The van der Waals surface area contributed by atoms with Gasteiger partial charge in [-0.2, -0.15) is 10.1 Å². The zero-order valence-electron chi connectivity index (χ0n) is 23.0. The molecule has 2 aromatic carbocycles. The number of halogens is 4. The molecule has 1 fully saturated rings. The highest BCUT2D eigenvalue weighted by atomic mass is 35.5. The zero-order valence-corrected chi connectivity index (χ0v) is 24.7. The molecule has 0 amide bonds. The summed E-state index contributed by atoms with van der Waals surface area (Å²) in [7, 11) is -4.81. The van der Waals surface area contributed by atoms with E-state index in [1.807, 2.05) is 0 Å². The number of ether oxygens (including phenoxy) is 2. The molecule has 3 aromatic rings. The van der Waals surface area contributed by atoms with Crippen molar-refractivity contribution in [2.45, 2.75) is 63.4 Å². The molecule has 0 spiro atoms. The van der Waals surface area contributed by atoms with E-state index < -0.39 is 74.5 Å². The van der Waals surface area contributed by atoms with Gasteiger partial charge in [0.15, 0.2) is 18.0 Å². The third kappa shape index (κ3) is 6.82. The van der Waals surface area contributed by atoms with Crippen LogP contribution in [-0.4, -0.2) is 63.7 Å². The zero-order chi connectivity index (χ0) is 31.7. The normalized spacial score (nSPS) is 24.3. The van der Waals surface area contributed by atoms with E-state index in [-0.39, 0.29) is 10.8 Å². The maximum absolute atomic E-state index is 15.3. The Hall–Kier alpha value is -3.20. The summed E-state index contributed by atoms with van der Waals surface area (Å²) in [4.78, 5) is 28.2. The lowest BCUT2D eigenvalue weighted by Gasteiger charge is -2.32. The van der Waals surface area contributed by atoms with Crippen LogP contribution < -0.4 is 21.0 Å². The first-order valence-electron chi connectivity index (χ1n) is 12.9. The first kappa shape index (κ1) is 32.7. The third-order valence-corrected chi connectivity index (χ3v) is 8.38. The van der Waals surface area contributed by atoms with E-state index in [0.717, 1.165) is 6.20 Å². The molecule has 12 nitrogen and oxygen atoms in total. The monoisotopic (exact) mass is 648 g/mol. The minimum Gasteiger partial charge on any atom is -0.462 e. The number of carbonyl (C=O) groups is 1. The predicted octanol–water partition coefficient (Wildman–Crippen LogP) is 4.00. The summed E-state index contributed by atoms with van der Waals surface area (Å²) in [6, 6.07) is 10.2. The van der Waals surface area contributed by atoms with Crippen molar-refractivity contribution < 1.29 is 46.2 Å². The van der Waals surface area contributed by atoms with Crippen LogP contribution in [0, 0.1) is 0 Å². The summed E-state index contributed by atoms with van der Waals surface area (Å²) < 4.78 is 80.4. The Balaban J connectivity index is 1.69. The van der Waals surface area contributed by atoms with Crippen molar-refractivity contribution >= 4 is 41.9 Å². The van der Waals surface area contributed by atoms with Crippen LogP contribution in [0.2, 0.25) is 5.02 Å². The van der Waals surface area contributed by atoms with E-state index in [4.69, 9.17) is 35.9 Å². The number of benzene rings is 2. The lowest BCUT2D eigenvalue weighted by molar-refractivity contribution is -0.192. The van der Waals surface area contributed by atoms with Gasteiger partial charge in [-0.05, 0) is 32.2 Å². The molecule has 0 bridgehead atoms. The largest absolute Gasteiger partial charge is 0.462 e. The third-order valence-electron chi connectivity index (χ3n) is 6.48. The first-order valence-corrected chi connectivity index (χ1v) is 14.8. The molecule has 17 heteroatoms. The molecule has 4 N–H and O–H groups in total. The van der Waals surface area contributed by atoms with Crippen molar-refractivity contribution in [2.75, 3.05) is 12.3 Å². The molecule has 2 heterocycles. The van der Waals surface area contributed by atoms with E-state index >= 15 is 4.39 Å². The topological polar surface area (TPSA) is 164 Å². The summed E-state index contributed by atoms with van der Waals surface area (Å²) in [5.41, 5.74) is 1.10. The van der Waals surface area contributed by atoms with E-state index in [9.17, 15) is 28.0 Å². The van der Waals surface area contributed by atoms with E-state index in [0.29, 0.717) is 15.3 Å². The average Bonchev–Trinajstić information content (AvgIpc) is 3.20. The van der Waals surface area contributed by atoms with Gasteiger partial charge in [-0.25, -0.2) is 22.5 Å². The maximum atomic E-state index is 15.3. The quantitative estimate of drug-likeness (QED) is 0.203. The highest BCUT2D eigenvalue weighted by Crippen LogP contribution is 2.50. The number of aliphatic hydroxyl groups is 1. The van der Waals surface area contributed by atoms with Gasteiger partial charge in [0.25, 0.3) is 6.43 Å². The first-order chi connectivity index (χ1) is 20.2. The average molecular weight is 649 g/mol. The van der Waals surface area contributed by atoms with E-state index in [1.165, 1.54) is 13.0 Å². The van der Waals surface area contributed by atoms with Crippen molar-refractivity contribution in [2.24, 2.45) is 0 Å². The van der Waals surface area contributed by atoms with Gasteiger partial charge in [0.05, 0.1) is 17.7 Å². The van der Waals surface area contributed by atoms with Crippen LogP contribution in [-0.2, 0) is 23.4 Å². The van der Waals surface area contributed by atoms with Crippen molar-refractivity contribution in [3.63, 3.8) is 0 Å². The highest BCUT2D eigenvalue weighted by molar-refractivity contribution is 7.52. The van der Waals surface area contributed by atoms with E-state index in [1.54, 1.807) is 50.2 Å². The molecule has 1 saturated heterocycles. The molecule has 0 radical (unpaired) electrons. The summed E-state index contributed by atoms with van der Waals surface area (Å²) >= 11 is 5.87. The SMILES string of the molecule is CC(C)OC(=O)[C@H](C)NP(=O)(OC[C@@]1(C(F)F)O[C@@H](n2cc(Cl)c(N)nc2=O)[C@@H](F)[C@@H]1O)Oc1cccc2ccccc12. The molecule has 1 unspecified atom stereocenters. The number of rotatable bonds is 11. The number of esters is 1. The van der Waals surface area contributed by atoms with Gasteiger partial charge in [0.2, 0.25) is 0 Å². The summed E-state index contributed by atoms with van der Waals surface area (Å²) in [6.07, 6.45) is -10.7. The number of hydrogen-bond acceptors (Lipinski definition) is 10. The van der Waals surface area contributed by atoms with E-state index in [2.05, 4.69) is 10.1 Å². The standard InChI is InChI=1S/C26H29ClF3N4O8P/c1-13(2)40-23(36)14(3)33-43(38,42-18-10-6-8-15-7-4-5-9-16(15)18)39-12-26(24(29)30)20(35)19(28)22(41-26)34-11-17(27)21(31)32-25(34)37/h4-11,13-14,19-20,22,24,35H,12H2,1-3H3,(H,33,38)(H2,31,32,37)/t14-,19-,20-,22+,26+,43?/m0/s1. The number of nitrogen functional groups attached to an aromatic ring is 1. The fourth-order valence-electron chi connectivity index (χ4n) is 4.30. The minimum atomic E-state index is -4.81. The fraction of sp³-hybridized carbons (Fsp3) is 0.423. The number of nitrogens with two attached hydrogens (primary N) is 1. The van der Waals surface area contributed by atoms with Crippen LogP contribution in [0.5, 0.6) is 5.75 Å². The summed E-state index contributed by atoms with van der Waals surface area (Å²) in [6.45, 7) is 3.01. The minimum absolute atomic E-state index is 0.00673. The number of hydrogen-bond donors (Lipinski definition) is 3. The summed E-state index contributed by atoms with van der Waals surface area (Å²) in [5.74, 6) is -1.27. The Labute approximate surface area is 248 Å². The molecule has 43 heavy (non-hydrogen) atoms. The molecular weight excluding hydrogens is 620 g/mol. The molecular formula is C26H29ClF3N4O8P. The molecule has 4 rings (SSSR count). The van der Waals surface area contributed by atoms with Gasteiger partial charge in [-0.1, -0.05) is 48.0 Å². The lowest BCUT2D eigenvalue weighted by atomic mass is 9.97. The Morgan fingerprint density at radius 3 is 2.60 bits per heavy atom. The van der Waals surface area contributed by atoms with Crippen LogP contribution in [0.15, 0.2) is 53.5 Å². The van der Waals surface area contributed by atoms with Gasteiger partial charge in [0.1, 0.15) is 23.7 Å². The molecule has 1 aromatic heterocycles. The molecule has 6 atom stereocenters. The number of nitrogens with one attached hydrogen (secondary N) is 1. The summed E-state index contributed by atoms with van der Waals surface area (Å²) in [5, 5.41) is 13.8. The van der Waals surface area contributed by atoms with Gasteiger partial charge >= 0.3 is 19.4 Å². The number of alkyl halides is 3. The molecule has 0 aliphatic carbocycles. The van der Waals surface area contributed by atoms with Crippen molar-refractivity contribution in [3.05, 3.63) is 64.2 Å². The Morgan fingerprint density at radius 1 is 1.26 bits per heavy atom. The molecule has 1 aliphatic rings. The van der Waals surface area contributed by atoms with Crippen molar-refractivity contribution in [3.8, 4) is 5.75 Å². The fourth-order valence-corrected chi connectivity index (χ4v) is 6.00. The Bertz CT molecular complexity index is 1590. The van der Waals surface area contributed by atoms with Crippen molar-refractivity contribution in [1.82, 2.24) is 14.6 Å². The second kappa shape index (κ2) is 12.8. The second-order valence-electron chi connectivity index (χ2n) is 9.99. The van der Waals surface area contributed by atoms with Gasteiger partial charge < -0.3 is 24.8 Å². The number of aromatic nitrogens is 2. The van der Waals surface area contributed by atoms with Crippen LogP contribution in [0.25, 0.3) is 10.8 Å². The number of aliphatic hydroxyl groups excluding tert-OH is 1. The van der Waals surface area contributed by atoms with Gasteiger partial charge in [-0.15, -0.1) is 0 Å². The molecule has 0 saturated carbocycles.